The number of aryl methyl sites for hydroxylation is 2. The van der Waals surface area contributed by atoms with E-state index >= 15 is 0 Å². The number of carbonyl (C=O) groups is 1. The van der Waals surface area contributed by atoms with Gasteiger partial charge in [0.15, 0.2) is 12.4 Å². The number of aromatic amines is 1. The Kier molecular flexibility index (Phi) is 4.69. The number of H-pyrrole nitrogens is 1. The van der Waals surface area contributed by atoms with Crippen molar-refractivity contribution in [3.8, 4) is 0 Å². The number of carbonyl (C=O) groups excluding carboxylic acids is 1. The molecule has 0 unspecified atom stereocenters. The van der Waals surface area contributed by atoms with Gasteiger partial charge in [-0.25, -0.2) is 4.98 Å². The summed E-state index contributed by atoms with van der Waals surface area (Å²) >= 11 is 0. The van der Waals surface area contributed by atoms with Crippen molar-refractivity contribution in [2.45, 2.75) is 32.8 Å². The first kappa shape index (κ1) is 15.9. The van der Waals surface area contributed by atoms with E-state index in [9.17, 15) is 9.59 Å². The molecule has 24 heavy (non-hydrogen) atoms. The third-order valence-corrected chi connectivity index (χ3v) is 3.51. The maximum atomic E-state index is 12.0. The second kappa shape index (κ2) is 7.08. The van der Waals surface area contributed by atoms with E-state index in [-0.39, 0.29) is 24.6 Å². The van der Waals surface area contributed by atoms with Crippen LogP contribution in [0.25, 0.3) is 10.9 Å². The van der Waals surface area contributed by atoms with Gasteiger partial charge >= 0.3 is 5.97 Å². The van der Waals surface area contributed by atoms with Crippen LogP contribution in [0.15, 0.2) is 39.6 Å². The fourth-order valence-electron chi connectivity index (χ4n) is 2.36. The highest BCUT2D eigenvalue weighted by molar-refractivity contribution is 5.77. The molecule has 0 bridgehead atoms. The van der Waals surface area contributed by atoms with Crippen LogP contribution < -0.4 is 5.56 Å². The van der Waals surface area contributed by atoms with Gasteiger partial charge in [-0.15, -0.1) is 0 Å². The van der Waals surface area contributed by atoms with Crippen molar-refractivity contribution in [2.75, 3.05) is 0 Å². The highest BCUT2D eigenvalue weighted by Gasteiger charge is 2.08. The third kappa shape index (κ3) is 3.87. The first-order valence-corrected chi connectivity index (χ1v) is 7.67. The molecule has 3 aromatic rings. The molecule has 0 amide bonds. The minimum atomic E-state index is -0.327. The van der Waals surface area contributed by atoms with E-state index in [1.54, 1.807) is 31.2 Å². The lowest BCUT2D eigenvalue weighted by atomic mass is 10.2. The zero-order valence-corrected chi connectivity index (χ0v) is 13.2. The fourth-order valence-corrected chi connectivity index (χ4v) is 2.36. The molecule has 2 aromatic heterocycles. The molecule has 124 valence electrons. The summed E-state index contributed by atoms with van der Waals surface area (Å²) < 4.78 is 10.1. The van der Waals surface area contributed by atoms with Crippen LogP contribution in [0.3, 0.4) is 0 Å². The Morgan fingerprint density at radius 3 is 2.96 bits per heavy atom. The van der Waals surface area contributed by atoms with Gasteiger partial charge in [0.05, 0.1) is 16.6 Å². The Morgan fingerprint density at radius 2 is 2.17 bits per heavy atom. The lowest BCUT2D eigenvalue weighted by Crippen LogP contribution is -2.12. The average Bonchev–Trinajstić information content (AvgIpc) is 2.98. The fraction of sp³-hybridized carbons (Fsp3) is 0.294. The van der Waals surface area contributed by atoms with E-state index in [0.29, 0.717) is 35.3 Å². The van der Waals surface area contributed by atoms with Gasteiger partial charge in [-0.3, -0.25) is 9.59 Å². The Morgan fingerprint density at radius 1 is 1.33 bits per heavy atom. The minimum absolute atomic E-state index is 0.0741. The Hall–Kier alpha value is -2.96. The summed E-state index contributed by atoms with van der Waals surface area (Å²) in [5.74, 6) is 0.755. The van der Waals surface area contributed by atoms with Crippen LogP contribution in [0.2, 0.25) is 0 Å². The smallest absolute Gasteiger partial charge is 0.306 e. The maximum Gasteiger partial charge on any atom is 0.306 e. The normalized spacial score (nSPS) is 10.9. The van der Waals surface area contributed by atoms with Gasteiger partial charge in [0.2, 0.25) is 0 Å². The van der Waals surface area contributed by atoms with Gasteiger partial charge in [-0.1, -0.05) is 17.3 Å². The molecule has 0 radical (unpaired) electrons. The van der Waals surface area contributed by atoms with Crippen LogP contribution in [-0.2, 0) is 22.6 Å². The van der Waals surface area contributed by atoms with Gasteiger partial charge in [0, 0.05) is 18.9 Å². The molecule has 0 aliphatic rings. The lowest BCUT2D eigenvalue weighted by molar-refractivity contribution is -0.145. The Labute approximate surface area is 137 Å². The van der Waals surface area contributed by atoms with E-state index in [2.05, 4.69) is 15.1 Å². The molecule has 0 aliphatic carbocycles. The van der Waals surface area contributed by atoms with Crippen LogP contribution in [-0.4, -0.2) is 21.1 Å². The van der Waals surface area contributed by atoms with Gasteiger partial charge in [-0.05, 0) is 25.5 Å². The van der Waals surface area contributed by atoms with Crippen molar-refractivity contribution in [1.29, 1.82) is 0 Å². The third-order valence-electron chi connectivity index (χ3n) is 3.51. The topological polar surface area (TPSA) is 98.1 Å². The Bertz CT molecular complexity index is 913. The highest BCUT2D eigenvalue weighted by Crippen LogP contribution is 2.08. The molecule has 1 N–H and O–H groups in total. The molecule has 0 spiro atoms. The van der Waals surface area contributed by atoms with E-state index < -0.39 is 0 Å². The van der Waals surface area contributed by atoms with Crippen molar-refractivity contribution in [3.63, 3.8) is 0 Å². The molecule has 7 heteroatoms. The van der Waals surface area contributed by atoms with E-state index in [4.69, 9.17) is 9.26 Å². The molecule has 2 heterocycles. The predicted molar refractivity (Wildman–Crippen MR) is 86.3 cm³/mol. The van der Waals surface area contributed by atoms with Crippen LogP contribution in [0.4, 0.5) is 0 Å². The predicted octanol–water partition coefficient (Wildman–Crippen LogP) is 2.29. The number of hydrogen-bond donors (Lipinski definition) is 1. The molecular weight excluding hydrogens is 310 g/mol. The molecule has 7 nitrogen and oxygen atoms in total. The molecule has 0 aliphatic heterocycles. The number of benzene rings is 1. The second-order valence-electron chi connectivity index (χ2n) is 5.48. The molecule has 0 saturated heterocycles. The number of nitrogens with one attached hydrogen (secondary N) is 1. The highest BCUT2D eigenvalue weighted by atomic mass is 16.5. The quantitative estimate of drug-likeness (QED) is 0.698. The summed E-state index contributed by atoms with van der Waals surface area (Å²) in [6.45, 7) is 1.87. The number of ether oxygens (including phenoxy) is 1. The first-order valence-electron chi connectivity index (χ1n) is 7.67. The largest absolute Gasteiger partial charge is 0.457 e. The summed E-state index contributed by atoms with van der Waals surface area (Å²) in [6.07, 6.45) is 1.27. The summed E-state index contributed by atoms with van der Waals surface area (Å²) in [5.41, 5.74) is 1.23. The average molecular weight is 327 g/mol. The standard InChI is InChI=1S/C17H17N3O4/c1-11-9-12(24-20-11)10-23-16(21)8-4-7-15-18-14-6-3-2-5-13(14)17(22)19-15/h2-3,5-6,9H,4,7-8,10H2,1H3,(H,18,19,22). The van der Waals surface area contributed by atoms with Gasteiger partial charge < -0.3 is 14.2 Å². The summed E-state index contributed by atoms with van der Waals surface area (Å²) in [4.78, 5) is 30.8. The summed E-state index contributed by atoms with van der Waals surface area (Å²) in [6, 6.07) is 8.87. The van der Waals surface area contributed by atoms with Crippen LogP contribution >= 0.6 is 0 Å². The molecular formula is C17H17N3O4. The monoisotopic (exact) mass is 327 g/mol. The number of esters is 1. The summed E-state index contributed by atoms with van der Waals surface area (Å²) in [7, 11) is 0. The number of hydrogen-bond acceptors (Lipinski definition) is 6. The van der Waals surface area contributed by atoms with Crippen molar-refractivity contribution < 1.29 is 14.1 Å². The van der Waals surface area contributed by atoms with E-state index in [1.807, 2.05) is 6.07 Å². The van der Waals surface area contributed by atoms with Crippen molar-refractivity contribution in [1.82, 2.24) is 15.1 Å². The van der Waals surface area contributed by atoms with Gasteiger partial charge in [0.25, 0.3) is 5.56 Å². The van der Waals surface area contributed by atoms with E-state index in [0.717, 1.165) is 5.69 Å². The van der Waals surface area contributed by atoms with E-state index in [1.165, 1.54) is 0 Å². The number of para-hydroxylation sites is 1. The van der Waals surface area contributed by atoms with Crippen molar-refractivity contribution >= 4 is 16.9 Å². The molecule has 0 fully saturated rings. The van der Waals surface area contributed by atoms with Crippen LogP contribution in [0.1, 0.15) is 30.1 Å². The molecule has 3 rings (SSSR count). The Balaban J connectivity index is 1.51. The van der Waals surface area contributed by atoms with Crippen molar-refractivity contribution in [3.05, 3.63) is 58.0 Å². The molecule has 0 atom stereocenters. The number of nitrogens with zero attached hydrogens (tertiary/aromatic N) is 2. The second-order valence-corrected chi connectivity index (χ2v) is 5.48. The number of rotatable bonds is 6. The van der Waals surface area contributed by atoms with Crippen LogP contribution in [0.5, 0.6) is 0 Å². The minimum Gasteiger partial charge on any atom is -0.457 e. The van der Waals surface area contributed by atoms with Gasteiger partial charge in [0.1, 0.15) is 5.82 Å². The molecule has 0 saturated carbocycles. The molecule has 1 aromatic carbocycles. The zero-order valence-electron chi connectivity index (χ0n) is 13.2. The maximum absolute atomic E-state index is 12.0. The van der Waals surface area contributed by atoms with Crippen molar-refractivity contribution in [2.24, 2.45) is 0 Å². The summed E-state index contributed by atoms with van der Waals surface area (Å²) in [5, 5.41) is 4.28. The first-order chi connectivity index (χ1) is 11.6. The number of aromatic nitrogens is 3. The van der Waals surface area contributed by atoms with Crippen LogP contribution in [0, 0.1) is 6.92 Å². The lowest BCUT2D eigenvalue weighted by Gasteiger charge is -2.04. The zero-order chi connectivity index (χ0) is 16.9. The van der Waals surface area contributed by atoms with Gasteiger partial charge in [-0.2, -0.15) is 0 Å². The SMILES string of the molecule is Cc1cc(COC(=O)CCCc2nc3ccccc3c(=O)[nH]2)on1. The number of fused-ring (bicyclic) bond motifs is 1.